The smallest absolute Gasteiger partial charge is 0.119 e. The topological polar surface area (TPSA) is 15.7 Å². The fourth-order valence-electron chi connectivity index (χ4n) is 4.50. The van der Waals surface area contributed by atoms with Gasteiger partial charge in [0.05, 0.1) is 0 Å². The molecular weight excluding hydrogens is 392 g/mol. The van der Waals surface area contributed by atoms with Gasteiger partial charge >= 0.3 is 0 Å². The summed E-state index contributed by atoms with van der Waals surface area (Å²) >= 11 is 0. The third-order valence-electron chi connectivity index (χ3n) is 6.62. The summed E-state index contributed by atoms with van der Waals surface area (Å²) in [7, 11) is 0. The molecule has 0 atom stereocenters. The van der Waals surface area contributed by atoms with Crippen LogP contribution in [0.1, 0.15) is 64.7 Å². The predicted molar refractivity (Wildman–Crippen MR) is 136 cm³/mol. The Kier molecular flexibility index (Phi) is 11.7. The Morgan fingerprint density at radius 3 is 1.81 bits per heavy atom. The molecule has 0 unspecified atom stereocenters. The highest BCUT2D eigenvalue weighted by atomic mass is 16.5. The number of hydrogen-bond donors (Lipinski definition) is 0. The van der Waals surface area contributed by atoms with Crippen LogP contribution in [0.5, 0.6) is 5.75 Å². The van der Waals surface area contributed by atoms with Crippen molar-refractivity contribution >= 4 is 0 Å². The first-order valence-electron chi connectivity index (χ1n) is 13.0. The molecule has 2 aromatic carbocycles. The molecule has 3 nitrogen and oxygen atoms in total. The van der Waals surface area contributed by atoms with Crippen molar-refractivity contribution in [2.75, 3.05) is 45.9 Å². The Morgan fingerprint density at radius 1 is 0.656 bits per heavy atom. The van der Waals surface area contributed by atoms with E-state index in [1.807, 2.05) is 12.1 Å². The summed E-state index contributed by atoms with van der Waals surface area (Å²) in [5.74, 6) is 0.959. The predicted octanol–water partition coefficient (Wildman–Crippen LogP) is 6.68. The van der Waals surface area contributed by atoms with Gasteiger partial charge in [0.1, 0.15) is 12.4 Å². The Labute approximate surface area is 196 Å². The van der Waals surface area contributed by atoms with Crippen LogP contribution in [-0.4, -0.2) is 55.7 Å². The lowest BCUT2D eigenvalue weighted by atomic mass is 10.1. The Morgan fingerprint density at radius 2 is 1.19 bits per heavy atom. The van der Waals surface area contributed by atoms with E-state index in [1.165, 1.54) is 102 Å². The van der Waals surface area contributed by atoms with Crippen molar-refractivity contribution in [3.8, 4) is 16.9 Å². The van der Waals surface area contributed by atoms with Crippen LogP contribution in [0.3, 0.4) is 0 Å². The fraction of sp³-hybridized carbons (Fsp3) is 0.586. The van der Waals surface area contributed by atoms with E-state index in [4.69, 9.17) is 4.74 Å². The molecule has 3 heteroatoms. The molecule has 1 radical (unpaired) electrons. The van der Waals surface area contributed by atoms with Gasteiger partial charge in [-0.3, -0.25) is 4.90 Å². The maximum absolute atomic E-state index is 6.00. The molecule has 0 aliphatic carbocycles. The van der Waals surface area contributed by atoms with Crippen molar-refractivity contribution in [1.29, 1.82) is 0 Å². The lowest BCUT2D eigenvalue weighted by Gasteiger charge is -2.34. The van der Waals surface area contributed by atoms with Crippen LogP contribution < -0.4 is 4.74 Å². The normalized spacial score (nSPS) is 15.2. The van der Waals surface area contributed by atoms with Crippen molar-refractivity contribution in [2.45, 2.75) is 64.7 Å². The summed E-state index contributed by atoms with van der Waals surface area (Å²) in [6, 6.07) is 19.6. The van der Waals surface area contributed by atoms with Gasteiger partial charge in [0.25, 0.3) is 0 Å². The molecule has 0 saturated carbocycles. The second-order valence-corrected chi connectivity index (χ2v) is 9.17. The van der Waals surface area contributed by atoms with E-state index in [2.05, 4.69) is 59.2 Å². The minimum Gasteiger partial charge on any atom is -0.492 e. The van der Waals surface area contributed by atoms with E-state index in [0.29, 0.717) is 0 Å². The molecule has 2 aromatic rings. The van der Waals surface area contributed by atoms with E-state index < -0.39 is 0 Å². The van der Waals surface area contributed by atoms with Crippen LogP contribution in [0.25, 0.3) is 11.1 Å². The van der Waals surface area contributed by atoms with Crippen molar-refractivity contribution in [3.05, 3.63) is 54.6 Å². The highest BCUT2D eigenvalue weighted by Crippen LogP contribution is 2.22. The van der Waals surface area contributed by atoms with E-state index in [9.17, 15) is 0 Å². The molecule has 1 fully saturated rings. The first kappa shape index (κ1) is 24.8. The van der Waals surface area contributed by atoms with Crippen molar-refractivity contribution in [1.82, 2.24) is 9.80 Å². The molecule has 32 heavy (non-hydrogen) atoms. The van der Waals surface area contributed by atoms with Crippen LogP contribution in [0, 0.1) is 6.07 Å². The number of benzene rings is 2. The monoisotopic (exact) mass is 435 g/mol. The molecule has 1 saturated heterocycles. The lowest BCUT2D eigenvalue weighted by Crippen LogP contribution is -2.47. The number of hydrogen-bond acceptors (Lipinski definition) is 3. The molecule has 0 spiro atoms. The minimum atomic E-state index is 0.762. The number of nitrogens with zero attached hydrogens (tertiary/aromatic N) is 2. The fourth-order valence-corrected chi connectivity index (χ4v) is 4.50. The number of unbranched alkanes of at least 4 members (excludes halogenated alkanes) is 8. The van der Waals surface area contributed by atoms with Gasteiger partial charge in [-0.05, 0) is 42.3 Å². The van der Waals surface area contributed by atoms with Crippen LogP contribution >= 0.6 is 0 Å². The van der Waals surface area contributed by atoms with E-state index in [-0.39, 0.29) is 0 Å². The summed E-state index contributed by atoms with van der Waals surface area (Å²) in [5, 5.41) is 0. The summed E-state index contributed by atoms with van der Waals surface area (Å²) < 4.78 is 6.00. The summed E-state index contributed by atoms with van der Waals surface area (Å²) in [6.07, 6.45) is 12.7. The molecule has 1 aliphatic rings. The van der Waals surface area contributed by atoms with Gasteiger partial charge in [0.2, 0.25) is 0 Å². The second kappa shape index (κ2) is 15.1. The van der Waals surface area contributed by atoms with Gasteiger partial charge in [0.15, 0.2) is 0 Å². The number of ether oxygens (including phenoxy) is 1. The SMILES string of the molecule is CCCCCCCCCCCN1CCN(CCOc2ccc(-c3cc[c]cc3)cc2)CC1. The molecule has 1 aliphatic heterocycles. The van der Waals surface area contributed by atoms with Crippen LogP contribution in [-0.2, 0) is 0 Å². The van der Waals surface area contributed by atoms with Gasteiger partial charge < -0.3 is 9.64 Å². The number of piperazine rings is 1. The zero-order valence-corrected chi connectivity index (χ0v) is 20.2. The molecule has 0 bridgehead atoms. The third-order valence-corrected chi connectivity index (χ3v) is 6.62. The van der Waals surface area contributed by atoms with E-state index in [1.54, 1.807) is 0 Å². The van der Waals surface area contributed by atoms with Gasteiger partial charge in [0, 0.05) is 32.7 Å². The molecule has 0 N–H and O–H groups in total. The number of rotatable bonds is 15. The quantitative estimate of drug-likeness (QED) is 0.290. The molecule has 175 valence electrons. The summed E-state index contributed by atoms with van der Waals surface area (Å²) in [4.78, 5) is 5.19. The highest BCUT2D eigenvalue weighted by molar-refractivity contribution is 5.63. The average molecular weight is 436 g/mol. The summed E-state index contributed by atoms with van der Waals surface area (Å²) in [5.41, 5.74) is 2.44. The van der Waals surface area contributed by atoms with Gasteiger partial charge in [-0.2, -0.15) is 0 Å². The maximum atomic E-state index is 6.00. The first-order valence-corrected chi connectivity index (χ1v) is 13.0. The maximum Gasteiger partial charge on any atom is 0.119 e. The zero-order valence-electron chi connectivity index (χ0n) is 20.2. The van der Waals surface area contributed by atoms with Crippen molar-refractivity contribution in [3.63, 3.8) is 0 Å². The molecule has 3 rings (SSSR count). The zero-order chi connectivity index (χ0) is 22.3. The van der Waals surface area contributed by atoms with Crippen molar-refractivity contribution in [2.24, 2.45) is 0 Å². The Hall–Kier alpha value is -1.84. The molecule has 0 aromatic heterocycles. The Balaban J connectivity index is 1.20. The third kappa shape index (κ3) is 9.34. The lowest BCUT2D eigenvalue weighted by molar-refractivity contribution is 0.115. The first-order chi connectivity index (χ1) is 15.8. The second-order valence-electron chi connectivity index (χ2n) is 9.17. The summed E-state index contributed by atoms with van der Waals surface area (Å²) in [6.45, 7) is 10.1. The average Bonchev–Trinajstić information content (AvgIpc) is 2.85. The molecular formula is C29H43N2O. The largest absolute Gasteiger partial charge is 0.492 e. The van der Waals surface area contributed by atoms with E-state index in [0.717, 1.165) is 18.9 Å². The van der Waals surface area contributed by atoms with Gasteiger partial charge in [-0.1, -0.05) is 94.7 Å². The van der Waals surface area contributed by atoms with Crippen LogP contribution in [0.4, 0.5) is 0 Å². The van der Waals surface area contributed by atoms with Crippen LogP contribution in [0.15, 0.2) is 48.5 Å². The molecule has 0 amide bonds. The van der Waals surface area contributed by atoms with Gasteiger partial charge in [-0.15, -0.1) is 0 Å². The van der Waals surface area contributed by atoms with Crippen molar-refractivity contribution < 1.29 is 4.74 Å². The van der Waals surface area contributed by atoms with Crippen LogP contribution in [0.2, 0.25) is 0 Å². The minimum absolute atomic E-state index is 0.762. The molecule has 1 heterocycles. The van der Waals surface area contributed by atoms with E-state index >= 15 is 0 Å². The standard InChI is InChI=1S/C29H43N2O/c1-2-3-4-5-6-7-8-9-13-20-30-21-23-31(24-22-30)25-26-32-29-18-16-28(17-19-29)27-14-11-10-12-15-27/h11-12,14-19H,2-9,13,20-26H2,1H3. The Bertz CT molecular complexity index is 708. The van der Waals surface area contributed by atoms with Gasteiger partial charge in [-0.25, -0.2) is 0 Å². The highest BCUT2D eigenvalue weighted by Gasteiger charge is 2.16.